The molecule has 1 N–H and O–H groups in total. The van der Waals surface area contributed by atoms with Gasteiger partial charge in [0.05, 0.1) is 19.3 Å². The minimum Gasteiger partial charge on any atom is -0.493 e. The number of carbonyl (C=O) groups is 1. The molecule has 0 aliphatic carbocycles. The maximum Gasteiger partial charge on any atom is 0.250 e. The molecule has 0 radical (unpaired) electrons. The van der Waals surface area contributed by atoms with Crippen molar-refractivity contribution in [2.75, 3.05) is 19.0 Å². The van der Waals surface area contributed by atoms with Crippen LogP contribution in [0.4, 0.5) is 5.69 Å². The number of anilines is 1. The van der Waals surface area contributed by atoms with Gasteiger partial charge in [0.2, 0.25) is 5.91 Å². The number of benzene rings is 2. The first-order valence-electron chi connectivity index (χ1n) is 9.85. The van der Waals surface area contributed by atoms with Crippen molar-refractivity contribution in [3.05, 3.63) is 106 Å². The van der Waals surface area contributed by atoms with Gasteiger partial charge in [-0.1, -0.05) is 48.5 Å². The summed E-state index contributed by atoms with van der Waals surface area (Å²) in [5.41, 5.74) is 1.89. The SMILES string of the molecule is C=CCOc1ccc(/C=C/C(=O)Nc2ccc(=O)n(Cc3ccccc3Cl)c2)cc1OC. The standard InChI is InChI=1S/C25H23ClN2O4/c1-3-14-32-22-11-8-18(15-23(22)31-2)9-12-24(29)27-20-10-13-25(30)28(17-20)16-19-6-4-5-7-21(19)26/h3-13,15,17H,1,14,16H2,2H3,(H,27,29)/b12-9+. The maximum atomic E-state index is 12.4. The molecule has 0 aliphatic rings. The van der Waals surface area contributed by atoms with Crippen LogP contribution in [0.5, 0.6) is 11.5 Å². The van der Waals surface area contributed by atoms with Gasteiger partial charge in [-0.05, 0) is 41.5 Å². The fraction of sp³-hybridized carbons (Fsp3) is 0.120. The van der Waals surface area contributed by atoms with Crippen LogP contribution in [0.1, 0.15) is 11.1 Å². The second kappa shape index (κ2) is 11.0. The summed E-state index contributed by atoms with van der Waals surface area (Å²) in [7, 11) is 1.55. The largest absolute Gasteiger partial charge is 0.493 e. The number of pyridine rings is 1. The van der Waals surface area contributed by atoms with E-state index in [1.54, 1.807) is 49.7 Å². The minimum absolute atomic E-state index is 0.190. The smallest absolute Gasteiger partial charge is 0.250 e. The normalized spacial score (nSPS) is 10.7. The molecule has 6 nitrogen and oxygen atoms in total. The minimum atomic E-state index is -0.334. The highest BCUT2D eigenvalue weighted by atomic mass is 35.5. The number of carbonyl (C=O) groups excluding carboxylic acids is 1. The van der Waals surface area contributed by atoms with E-state index < -0.39 is 0 Å². The molecular formula is C25H23ClN2O4. The van der Waals surface area contributed by atoms with Crippen LogP contribution in [0.3, 0.4) is 0 Å². The van der Waals surface area contributed by atoms with Gasteiger partial charge < -0.3 is 19.4 Å². The lowest BCUT2D eigenvalue weighted by atomic mass is 10.2. The van der Waals surface area contributed by atoms with Crippen LogP contribution >= 0.6 is 11.6 Å². The number of ether oxygens (including phenoxy) is 2. The number of rotatable bonds is 9. The number of hydrogen-bond acceptors (Lipinski definition) is 4. The summed E-state index contributed by atoms with van der Waals surface area (Å²) < 4.78 is 12.4. The lowest BCUT2D eigenvalue weighted by Crippen LogP contribution is -2.20. The lowest BCUT2D eigenvalue weighted by Gasteiger charge is -2.10. The van der Waals surface area contributed by atoms with Crippen LogP contribution < -0.4 is 20.3 Å². The molecule has 32 heavy (non-hydrogen) atoms. The molecule has 1 heterocycles. The molecular weight excluding hydrogens is 428 g/mol. The highest BCUT2D eigenvalue weighted by Crippen LogP contribution is 2.28. The Kier molecular flexibility index (Phi) is 7.89. The number of amides is 1. The fourth-order valence-corrected chi connectivity index (χ4v) is 3.15. The average Bonchev–Trinajstić information content (AvgIpc) is 2.80. The van der Waals surface area contributed by atoms with Crippen LogP contribution in [0, 0.1) is 0 Å². The molecule has 2 aromatic carbocycles. The predicted molar refractivity (Wildman–Crippen MR) is 128 cm³/mol. The summed E-state index contributed by atoms with van der Waals surface area (Å²) in [6.07, 6.45) is 6.30. The molecule has 0 saturated carbocycles. The van der Waals surface area contributed by atoms with E-state index in [1.807, 2.05) is 24.3 Å². The van der Waals surface area contributed by atoms with E-state index >= 15 is 0 Å². The van der Waals surface area contributed by atoms with Crippen molar-refractivity contribution < 1.29 is 14.3 Å². The van der Waals surface area contributed by atoms with E-state index in [9.17, 15) is 9.59 Å². The van der Waals surface area contributed by atoms with Crippen molar-refractivity contribution in [3.63, 3.8) is 0 Å². The molecule has 0 spiro atoms. The van der Waals surface area contributed by atoms with Gasteiger partial charge in [-0.3, -0.25) is 9.59 Å². The Bertz CT molecular complexity index is 1200. The quantitative estimate of drug-likeness (QED) is 0.376. The number of nitrogens with one attached hydrogen (secondary N) is 1. The predicted octanol–water partition coefficient (Wildman–Crippen LogP) is 4.78. The molecule has 0 atom stereocenters. The zero-order valence-corrected chi connectivity index (χ0v) is 18.3. The molecule has 0 unspecified atom stereocenters. The summed E-state index contributed by atoms with van der Waals surface area (Å²) >= 11 is 6.19. The molecule has 1 amide bonds. The zero-order chi connectivity index (χ0) is 22.9. The highest BCUT2D eigenvalue weighted by Gasteiger charge is 2.06. The second-order valence-electron chi connectivity index (χ2n) is 6.81. The van der Waals surface area contributed by atoms with Gasteiger partial charge in [0.25, 0.3) is 5.56 Å². The monoisotopic (exact) mass is 450 g/mol. The Balaban J connectivity index is 1.69. The second-order valence-corrected chi connectivity index (χ2v) is 7.22. The van der Waals surface area contributed by atoms with Gasteiger partial charge >= 0.3 is 0 Å². The summed E-state index contributed by atoms with van der Waals surface area (Å²) in [5.74, 6) is 0.815. The third-order valence-electron chi connectivity index (χ3n) is 4.52. The van der Waals surface area contributed by atoms with E-state index in [0.717, 1.165) is 11.1 Å². The van der Waals surface area contributed by atoms with Gasteiger partial charge in [0.15, 0.2) is 11.5 Å². The lowest BCUT2D eigenvalue weighted by molar-refractivity contribution is -0.111. The highest BCUT2D eigenvalue weighted by molar-refractivity contribution is 6.31. The Morgan fingerprint density at radius 1 is 1.16 bits per heavy atom. The van der Waals surface area contributed by atoms with Crippen molar-refractivity contribution in [3.8, 4) is 11.5 Å². The molecule has 7 heteroatoms. The van der Waals surface area contributed by atoms with Crippen LogP contribution in [-0.4, -0.2) is 24.2 Å². The van der Waals surface area contributed by atoms with Gasteiger partial charge in [-0.25, -0.2) is 0 Å². The Hall–Kier alpha value is -3.77. The van der Waals surface area contributed by atoms with Crippen molar-refractivity contribution in [1.29, 1.82) is 0 Å². The Labute approximate surface area is 191 Å². The Morgan fingerprint density at radius 2 is 1.97 bits per heavy atom. The third kappa shape index (κ3) is 6.12. The Morgan fingerprint density at radius 3 is 2.72 bits per heavy atom. The molecule has 3 aromatic rings. The topological polar surface area (TPSA) is 69.6 Å². The molecule has 1 aromatic heterocycles. The summed E-state index contributed by atoms with van der Waals surface area (Å²) in [6.45, 7) is 4.29. The molecule has 0 saturated heterocycles. The van der Waals surface area contributed by atoms with E-state index in [4.69, 9.17) is 21.1 Å². The van der Waals surface area contributed by atoms with E-state index in [2.05, 4.69) is 11.9 Å². The van der Waals surface area contributed by atoms with Crippen molar-refractivity contribution >= 4 is 29.3 Å². The van der Waals surface area contributed by atoms with E-state index in [1.165, 1.54) is 16.7 Å². The molecule has 0 bridgehead atoms. The number of aromatic nitrogens is 1. The molecule has 0 aliphatic heterocycles. The van der Waals surface area contributed by atoms with Crippen molar-refractivity contribution in [2.24, 2.45) is 0 Å². The van der Waals surface area contributed by atoms with Crippen molar-refractivity contribution in [2.45, 2.75) is 6.54 Å². The molecule has 164 valence electrons. The van der Waals surface area contributed by atoms with Gasteiger partial charge in [-0.15, -0.1) is 0 Å². The van der Waals surface area contributed by atoms with Gasteiger partial charge in [0, 0.05) is 23.4 Å². The summed E-state index contributed by atoms with van der Waals surface area (Å²) in [4.78, 5) is 24.6. The number of halogens is 1. The summed E-state index contributed by atoms with van der Waals surface area (Å²) in [6, 6.07) is 15.6. The first-order valence-corrected chi connectivity index (χ1v) is 10.2. The number of methoxy groups -OCH3 is 1. The van der Waals surface area contributed by atoms with E-state index in [0.29, 0.717) is 35.4 Å². The summed E-state index contributed by atoms with van der Waals surface area (Å²) in [5, 5.41) is 3.34. The zero-order valence-electron chi connectivity index (χ0n) is 17.6. The van der Waals surface area contributed by atoms with Gasteiger partial charge in [0.1, 0.15) is 6.61 Å². The van der Waals surface area contributed by atoms with Crippen molar-refractivity contribution in [1.82, 2.24) is 4.57 Å². The van der Waals surface area contributed by atoms with E-state index in [-0.39, 0.29) is 11.5 Å². The first kappa shape index (κ1) is 22.9. The van der Waals surface area contributed by atoms with Crippen LogP contribution in [0.15, 0.2) is 84.3 Å². The third-order valence-corrected chi connectivity index (χ3v) is 4.89. The van der Waals surface area contributed by atoms with Crippen LogP contribution in [0.2, 0.25) is 5.02 Å². The fourth-order valence-electron chi connectivity index (χ4n) is 2.95. The van der Waals surface area contributed by atoms with Crippen LogP contribution in [0.25, 0.3) is 6.08 Å². The first-order chi connectivity index (χ1) is 15.5. The number of hydrogen-bond donors (Lipinski definition) is 1. The molecule has 0 fully saturated rings. The van der Waals surface area contributed by atoms with Gasteiger partial charge in [-0.2, -0.15) is 0 Å². The average molecular weight is 451 g/mol. The maximum absolute atomic E-state index is 12.4. The van der Waals surface area contributed by atoms with Crippen LogP contribution in [-0.2, 0) is 11.3 Å². The number of nitrogens with zero attached hydrogens (tertiary/aromatic N) is 1. The molecule has 3 rings (SSSR count).